The highest BCUT2D eigenvalue weighted by molar-refractivity contribution is 7.82. The molecule has 0 heterocycles. The Morgan fingerprint density at radius 1 is 0.327 bits per heavy atom. The topological polar surface area (TPSA) is 0 Å². The van der Waals surface area contributed by atoms with Gasteiger partial charge in [0.2, 0.25) is 0 Å². The average Bonchev–Trinajstić information content (AvgIpc) is 2.97. The Kier molecular flexibility index (Phi) is 10.3. The molecule has 0 aliphatic carbocycles. The van der Waals surface area contributed by atoms with Gasteiger partial charge in [-0.2, -0.15) is 5.98 Å². The van der Waals surface area contributed by atoms with Gasteiger partial charge in [-0.15, -0.1) is 16.4 Å². The van der Waals surface area contributed by atoms with Crippen LogP contribution in [0.2, 0.25) is 0 Å². The van der Waals surface area contributed by atoms with Gasteiger partial charge in [-0.3, -0.25) is 0 Å². The highest BCUT2D eigenvalue weighted by Crippen LogP contribution is 2.84. The van der Waals surface area contributed by atoms with Crippen LogP contribution < -0.4 is 16.4 Å². The second-order valence-corrected chi connectivity index (χ2v) is 20.2. The van der Waals surface area contributed by atoms with Gasteiger partial charge in [0.25, 0.3) is 0 Å². The summed E-state index contributed by atoms with van der Waals surface area (Å²) in [5.41, 5.74) is -7.93. The maximum absolute atomic E-state index is 15.9. The number of benzene rings is 3. The molecule has 3 rings (SSSR count). The molecule has 0 atom stereocenters. The Morgan fingerprint density at radius 3 is 0.653 bits per heavy atom. The van der Waals surface area contributed by atoms with E-state index in [-0.39, 0.29) is 5.98 Å². The lowest BCUT2D eigenvalue weighted by molar-refractivity contribution is 0.380. The van der Waals surface area contributed by atoms with Crippen molar-refractivity contribution in [3.8, 4) is 0 Å². The molecule has 0 aliphatic rings. The fourth-order valence-corrected chi connectivity index (χ4v) is 15.6. The van der Waals surface area contributed by atoms with Crippen molar-refractivity contribution in [2.24, 2.45) is 0 Å². The first-order chi connectivity index (χ1) is 22.0. The smallest absolute Gasteiger partial charge is 0.200 e. The molecule has 0 N–H and O–H groups in total. The van der Waals surface area contributed by atoms with E-state index in [0.717, 1.165) is 5.82 Å². The second-order valence-electron chi connectivity index (χ2n) is 14.5. The van der Waals surface area contributed by atoms with Crippen molar-refractivity contribution in [2.75, 3.05) is 0 Å². The highest BCUT2D eigenvalue weighted by atomic mass is 31.2. The molecule has 0 aromatic heterocycles. The van der Waals surface area contributed by atoms with Gasteiger partial charge in [-0.1, -0.05) is 0 Å². The Hall–Kier alpha value is -3.16. The van der Waals surface area contributed by atoms with E-state index in [0.29, 0.717) is 0 Å². The van der Waals surface area contributed by atoms with Crippen LogP contribution in [0.4, 0.5) is 65.9 Å². The van der Waals surface area contributed by atoms with Gasteiger partial charge in [0, 0.05) is 5.82 Å². The Morgan fingerprint density at radius 2 is 0.490 bits per heavy atom. The van der Waals surface area contributed by atoms with Crippen molar-refractivity contribution in [2.45, 2.75) is 77.8 Å². The largest absolute Gasteiger partial charge is 0.207 e. The predicted octanol–water partition coefficient (Wildman–Crippen LogP) is 9.71. The van der Waals surface area contributed by atoms with Gasteiger partial charge in [0.15, 0.2) is 52.4 Å². The maximum atomic E-state index is 15.9. The Labute approximate surface area is 272 Å². The molecule has 17 heteroatoms. The van der Waals surface area contributed by atoms with Crippen LogP contribution in [0.15, 0.2) is 11.8 Å². The van der Waals surface area contributed by atoms with Crippen LogP contribution in [0, 0.1) is 87.3 Å². The van der Waals surface area contributed by atoms with E-state index in [2.05, 4.69) is 0 Å². The average molecular weight is 740 g/mol. The first-order valence-electron chi connectivity index (χ1n) is 14.3. The quantitative estimate of drug-likeness (QED) is 0.0804. The van der Waals surface area contributed by atoms with Crippen LogP contribution in [0.5, 0.6) is 0 Å². The van der Waals surface area contributed by atoms with Gasteiger partial charge in [-0.05, 0) is 62.3 Å². The predicted molar refractivity (Wildman–Crippen MR) is 159 cm³/mol. The molecule has 0 fully saturated rings. The molecule has 0 saturated carbocycles. The van der Waals surface area contributed by atoms with Crippen molar-refractivity contribution in [3.63, 3.8) is 0 Å². The van der Waals surface area contributed by atoms with E-state index in [4.69, 9.17) is 0 Å². The number of rotatable bonds is 5. The molecule has 3 aromatic carbocycles. The van der Waals surface area contributed by atoms with E-state index in [1.807, 2.05) is 0 Å². The lowest BCUT2D eigenvalue weighted by Gasteiger charge is -2.53. The third-order valence-electron chi connectivity index (χ3n) is 8.87. The van der Waals surface area contributed by atoms with Crippen LogP contribution in [0.3, 0.4) is 0 Å². The Bertz CT molecular complexity index is 1590. The highest BCUT2D eigenvalue weighted by Gasteiger charge is 2.63. The number of halogens is 15. The summed E-state index contributed by atoms with van der Waals surface area (Å²) < 4.78 is 228. The molecule has 0 unspecified atom stereocenters. The van der Waals surface area contributed by atoms with E-state index >= 15 is 26.3 Å². The molecule has 49 heavy (non-hydrogen) atoms. The van der Waals surface area contributed by atoms with Gasteiger partial charge < -0.3 is 0 Å². The summed E-state index contributed by atoms with van der Waals surface area (Å²) in [7, 11) is -3.38. The van der Waals surface area contributed by atoms with Crippen LogP contribution >= 0.6 is 7.26 Å². The lowest BCUT2D eigenvalue weighted by atomic mass is 9.15. The van der Waals surface area contributed by atoms with Crippen LogP contribution in [0.1, 0.15) is 62.3 Å². The summed E-state index contributed by atoms with van der Waals surface area (Å²) in [6.45, 7) is 14.2. The summed E-state index contributed by atoms with van der Waals surface area (Å²) in [5.74, 6) is -44.3. The number of hydrogen-bond donors (Lipinski definition) is 0. The molecule has 270 valence electrons. The molecule has 0 nitrogen and oxygen atoms in total. The minimum absolute atomic E-state index is 0.0599. The van der Waals surface area contributed by atoms with Crippen molar-refractivity contribution >= 4 is 29.8 Å². The molecule has 0 bridgehead atoms. The van der Waals surface area contributed by atoms with E-state index in [9.17, 15) is 39.5 Å². The summed E-state index contributed by atoms with van der Waals surface area (Å²) in [6.07, 6.45) is -5.79. The second kappa shape index (κ2) is 12.6. The van der Waals surface area contributed by atoms with Crippen LogP contribution in [-0.2, 0) is 0 Å². The van der Waals surface area contributed by atoms with Crippen LogP contribution in [0.25, 0.3) is 0 Å². The third-order valence-corrected chi connectivity index (χ3v) is 15.8. The summed E-state index contributed by atoms with van der Waals surface area (Å²) >= 11 is 0. The molecule has 0 spiro atoms. The molecule has 0 amide bonds. The summed E-state index contributed by atoms with van der Waals surface area (Å²) in [5, 5.41) is -3.24. The van der Waals surface area contributed by atoms with Crippen molar-refractivity contribution in [1.82, 2.24) is 0 Å². The fourth-order valence-electron chi connectivity index (χ4n) is 7.73. The van der Waals surface area contributed by atoms with E-state index in [1.54, 1.807) is 62.3 Å². The van der Waals surface area contributed by atoms with Crippen molar-refractivity contribution < 1.29 is 65.9 Å². The summed E-state index contributed by atoms with van der Waals surface area (Å²) in [6, 6.07) is 0. The molecule has 0 radical (unpaired) electrons. The molecule has 3 aromatic rings. The molecule has 0 saturated heterocycles. The standard InChI is InChI=1S/C32H29BF15P/c1-30(2,3)49(31(4,5)6,32(7,8)9)11-10-33(12-15(34)21(40)27(46)22(41)16(12)35,13-17(36)23(42)28(47)24(43)18(13)37)14-19(38)25(44)29(48)26(45)20(14)39/h10-11H,1-9H3/b11-10+. The number of hydrogen-bond acceptors (Lipinski definition) is 0. The van der Waals surface area contributed by atoms with E-state index in [1.165, 1.54) is 0 Å². The molecule has 0 aliphatic heterocycles. The van der Waals surface area contributed by atoms with Crippen molar-refractivity contribution in [1.29, 1.82) is 0 Å². The van der Waals surface area contributed by atoms with Crippen molar-refractivity contribution in [3.05, 3.63) is 99.1 Å². The molecular weight excluding hydrogens is 711 g/mol. The maximum Gasteiger partial charge on any atom is 0.200 e. The minimum atomic E-state index is -5.79. The van der Waals surface area contributed by atoms with Gasteiger partial charge in [0.05, 0.1) is 22.7 Å². The fraction of sp³-hybridized carbons (Fsp3) is 0.375. The first kappa shape index (κ1) is 40.3. The zero-order chi connectivity index (χ0) is 38.3. The monoisotopic (exact) mass is 740 g/mol. The zero-order valence-corrected chi connectivity index (χ0v) is 28.2. The molecular formula is C32H29BF15P. The zero-order valence-electron chi connectivity index (χ0n) is 27.3. The Balaban J connectivity index is 3.07. The van der Waals surface area contributed by atoms with E-state index < -0.39 is 133 Å². The van der Waals surface area contributed by atoms with Gasteiger partial charge in [0.1, 0.15) is 41.0 Å². The van der Waals surface area contributed by atoms with Crippen LogP contribution in [-0.4, -0.2) is 21.6 Å². The third kappa shape index (κ3) is 5.64. The lowest BCUT2D eigenvalue weighted by Crippen LogP contribution is -2.72. The summed E-state index contributed by atoms with van der Waals surface area (Å²) in [4.78, 5) is 0. The first-order valence-corrected chi connectivity index (χ1v) is 16.2. The van der Waals surface area contributed by atoms with Gasteiger partial charge >= 0.3 is 0 Å². The van der Waals surface area contributed by atoms with Gasteiger partial charge in [-0.25, -0.2) is 65.9 Å². The normalized spacial score (nSPS) is 13.6. The minimum Gasteiger partial charge on any atom is -0.207 e. The SMILES string of the molecule is CC(C)(C)[P+](/C=C/[B-](c1c(F)c(F)c(F)c(F)c1F)(c1c(F)c(F)c(F)c(F)c1F)c1c(F)c(F)c(F)c(F)c1F)(C(C)(C)C)C(C)(C)C.